The lowest BCUT2D eigenvalue weighted by Crippen LogP contribution is -2.30. The highest BCUT2D eigenvalue weighted by molar-refractivity contribution is 6.02. The van der Waals surface area contributed by atoms with E-state index in [1.54, 1.807) is 0 Å². The first-order valence-electron chi connectivity index (χ1n) is 12.6. The van der Waals surface area contributed by atoms with Gasteiger partial charge < -0.3 is 20.0 Å². The summed E-state index contributed by atoms with van der Waals surface area (Å²) < 4.78 is 2.08. The molecule has 3 aromatic heterocycles. The van der Waals surface area contributed by atoms with Crippen molar-refractivity contribution in [1.29, 1.82) is 0 Å². The number of aromatic nitrogens is 3. The lowest BCUT2D eigenvalue weighted by atomic mass is 10.0. The summed E-state index contributed by atoms with van der Waals surface area (Å²) in [5.41, 5.74) is 8.68. The number of fused-ring (bicyclic) bond motifs is 2. The molecular formula is C29H27N7. The van der Waals surface area contributed by atoms with Crippen LogP contribution in [-0.4, -0.2) is 52.2 Å². The summed E-state index contributed by atoms with van der Waals surface area (Å²) in [5.74, 6) is 1.89. The van der Waals surface area contributed by atoms with Gasteiger partial charge in [-0.1, -0.05) is 36.4 Å². The Balaban J connectivity index is 1.16. The van der Waals surface area contributed by atoms with E-state index in [0.29, 0.717) is 0 Å². The van der Waals surface area contributed by atoms with Gasteiger partial charge in [0.2, 0.25) is 0 Å². The van der Waals surface area contributed by atoms with Crippen LogP contribution in [0.15, 0.2) is 83.0 Å². The maximum absolute atomic E-state index is 4.74. The molecule has 36 heavy (non-hydrogen) atoms. The van der Waals surface area contributed by atoms with Gasteiger partial charge in [-0.3, -0.25) is 9.98 Å². The molecule has 0 radical (unpaired) electrons. The second kappa shape index (κ2) is 8.68. The number of benzene rings is 2. The normalized spacial score (nSPS) is 15.9. The van der Waals surface area contributed by atoms with Gasteiger partial charge in [0, 0.05) is 60.7 Å². The summed E-state index contributed by atoms with van der Waals surface area (Å²) in [7, 11) is 0. The number of hydrogen-bond acceptors (Lipinski definition) is 5. The van der Waals surface area contributed by atoms with Crippen molar-refractivity contribution in [1.82, 2.24) is 25.0 Å². The summed E-state index contributed by atoms with van der Waals surface area (Å²) >= 11 is 0. The Hall–Kier alpha value is -4.39. The Morgan fingerprint density at radius 1 is 0.667 bits per heavy atom. The summed E-state index contributed by atoms with van der Waals surface area (Å²) in [6.45, 7) is 3.69. The van der Waals surface area contributed by atoms with E-state index >= 15 is 0 Å². The SMILES string of the molecule is c1cc2cc(-c3ccc(-c4ccc5nc(C6=NCCCN6)cn5c4)cc3)[nH]c2cc1C1=NCCCN1. The van der Waals surface area contributed by atoms with E-state index in [9.17, 15) is 0 Å². The minimum Gasteiger partial charge on any atom is -0.370 e. The number of H-pyrrole nitrogens is 1. The molecule has 3 N–H and O–H groups in total. The summed E-state index contributed by atoms with van der Waals surface area (Å²) in [6, 6.07) is 21.6. The number of aliphatic imine (C=N–C) groups is 2. The molecule has 0 amide bonds. The molecule has 7 nitrogen and oxygen atoms in total. The van der Waals surface area contributed by atoms with E-state index in [4.69, 9.17) is 4.98 Å². The van der Waals surface area contributed by atoms with Gasteiger partial charge in [-0.2, -0.15) is 0 Å². The number of aromatic amines is 1. The van der Waals surface area contributed by atoms with Gasteiger partial charge in [0.1, 0.15) is 23.0 Å². The number of hydrogen-bond donors (Lipinski definition) is 3. The van der Waals surface area contributed by atoms with Crippen molar-refractivity contribution in [3.63, 3.8) is 0 Å². The molecule has 0 aliphatic carbocycles. The summed E-state index contributed by atoms with van der Waals surface area (Å²) in [5, 5.41) is 7.97. The number of pyridine rings is 1. The minimum atomic E-state index is 0.859. The Kier molecular flexibility index (Phi) is 5.05. The zero-order chi connectivity index (χ0) is 23.9. The van der Waals surface area contributed by atoms with Gasteiger partial charge in [0.25, 0.3) is 0 Å². The van der Waals surface area contributed by atoms with E-state index in [-0.39, 0.29) is 0 Å². The lowest BCUT2D eigenvalue weighted by Gasteiger charge is -2.14. The Bertz CT molecular complexity index is 1590. The fourth-order valence-electron chi connectivity index (χ4n) is 4.98. The molecule has 0 saturated heterocycles. The first kappa shape index (κ1) is 20.9. The largest absolute Gasteiger partial charge is 0.370 e. The van der Waals surface area contributed by atoms with E-state index in [0.717, 1.165) is 89.9 Å². The standard InChI is InChI=1S/C29H27N7/c1-11-30-28(31-12-1)22-8-7-21-15-24(34-25(21)16-22)20-5-3-19(4-6-20)23-9-10-27-35-26(18-36(27)17-23)29-32-13-2-14-33-29/h3-10,15-18,34H,1-2,11-14H2,(H,30,31)(H,32,33). The quantitative estimate of drug-likeness (QED) is 0.356. The molecule has 0 atom stereocenters. The third kappa shape index (κ3) is 3.82. The molecule has 7 rings (SSSR count). The van der Waals surface area contributed by atoms with Gasteiger partial charge in [-0.25, -0.2) is 4.98 Å². The van der Waals surface area contributed by atoms with Gasteiger partial charge in [0.15, 0.2) is 0 Å². The van der Waals surface area contributed by atoms with Crippen LogP contribution in [-0.2, 0) is 0 Å². The summed E-state index contributed by atoms with van der Waals surface area (Å²) in [6.07, 6.45) is 6.36. The van der Waals surface area contributed by atoms with Crippen LogP contribution < -0.4 is 10.6 Å². The van der Waals surface area contributed by atoms with E-state index in [1.807, 2.05) is 0 Å². The average molecular weight is 474 g/mol. The van der Waals surface area contributed by atoms with Crippen molar-refractivity contribution in [2.45, 2.75) is 12.8 Å². The number of nitrogens with one attached hydrogen (secondary N) is 3. The predicted molar refractivity (Wildman–Crippen MR) is 146 cm³/mol. The molecule has 0 spiro atoms. The first-order chi connectivity index (χ1) is 17.8. The number of rotatable bonds is 4. The molecule has 0 unspecified atom stereocenters. The van der Waals surface area contributed by atoms with Gasteiger partial charge in [-0.15, -0.1) is 0 Å². The molecule has 0 saturated carbocycles. The predicted octanol–water partition coefficient (Wildman–Crippen LogP) is 4.63. The molecule has 0 fully saturated rings. The molecule has 5 heterocycles. The highest BCUT2D eigenvalue weighted by Crippen LogP contribution is 2.28. The average Bonchev–Trinajstić information content (AvgIpc) is 3.58. The fourth-order valence-corrected chi connectivity index (χ4v) is 4.98. The van der Waals surface area contributed by atoms with Crippen molar-refractivity contribution >= 4 is 28.2 Å². The number of nitrogens with zero attached hydrogens (tertiary/aromatic N) is 4. The van der Waals surface area contributed by atoms with Crippen LogP contribution >= 0.6 is 0 Å². The van der Waals surface area contributed by atoms with Crippen LogP contribution in [0, 0.1) is 0 Å². The highest BCUT2D eigenvalue weighted by atomic mass is 15.1. The van der Waals surface area contributed by atoms with Gasteiger partial charge in [-0.05, 0) is 53.8 Å². The van der Waals surface area contributed by atoms with Gasteiger partial charge >= 0.3 is 0 Å². The molecule has 2 aromatic carbocycles. The molecule has 5 aromatic rings. The third-order valence-electron chi connectivity index (χ3n) is 6.91. The molecule has 2 aliphatic rings. The van der Waals surface area contributed by atoms with Crippen LogP contribution in [0.5, 0.6) is 0 Å². The molecule has 0 bridgehead atoms. The monoisotopic (exact) mass is 473 g/mol. The van der Waals surface area contributed by atoms with Crippen molar-refractivity contribution < 1.29 is 0 Å². The second-order valence-electron chi connectivity index (χ2n) is 9.39. The summed E-state index contributed by atoms with van der Waals surface area (Å²) in [4.78, 5) is 17.5. The fraction of sp³-hybridized carbons (Fsp3) is 0.207. The minimum absolute atomic E-state index is 0.859. The molecular weight excluding hydrogens is 446 g/mol. The van der Waals surface area contributed by atoms with E-state index < -0.39 is 0 Å². The van der Waals surface area contributed by atoms with Crippen LogP contribution in [0.2, 0.25) is 0 Å². The van der Waals surface area contributed by atoms with Crippen LogP contribution in [0.25, 0.3) is 38.9 Å². The van der Waals surface area contributed by atoms with Crippen LogP contribution in [0.1, 0.15) is 24.1 Å². The smallest absolute Gasteiger partial charge is 0.148 e. The second-order valence-corrected chi connectivity index (χ2v) is 9.39. The maximum Gasteiger partial charge on any atom is 0.148 e. The number of imidazole rings is 1. The van der Waals surface area contributed by atoms with Crippen molar-refractivity contribution in [2.24, 2.45) is 9.98 Å². The third-order valence-corrected chi connectivity index (χ3v) is 6.91. The Morgan fingerprint density at radius 3 is 2.17 bits per heavy atom. The topological polar surface area (TPSA) is 81.9 Å². The van der Waals surface area contributed by atoms with Gasteiger partial charge in [0.05, 0.1) is 0 Å². The van der Waals surface area contributed by atoms with Crippen molar-refractivity contribution in [3.8, 4) is 22.4 Å². The zero-order valence-corrected chi connectivity index (χ0v) is 20.0. The number of amidine groups is 2. The van der Waals surface area contributed by atoms with E-state index in [1.165, 1.54) is 10.9 Å². The van der Waals surface area contributed by atoms with E-state index in [2.05, 4.69) is 103 Å². The Morgan fingerprint density at radius 2 is 1.39 bits per heavy atom. The molecule has 178 valence electrons. The zero-order valence-electron chi connectivity index (χ0n) is 20.0. The Labute approximate surface area is 209 Å². The van der Waals surface area contributed by atoms with Crippen LogP contribution in [0.3, 0.4) is 0 Å². The van der Waals surface area contributed by atoms with Crippen LogP contribution in [0.4, 0.5) is 0 Å². The van der Waals surface area contributed by atoms with Crippen molar-refractivity contribution in [3.05, 3.63) is 84.3 Å². The maximum atomic E-state index is 4.74. The molecule has 2 aliphatic heterocycles. The molecule has 7 heteroatoms. The first-order valence-corrected chi connectivity index (χ1v) is 12.6. The van der Waals surface area contributed by atoms with Crippen molar-refractivity contribution in [2.75, 3.05) is 26.2 Å². The lowest BCUT2D eigenvalue weighted by molar-refractivity contribution is 0.741. The highest BCUT2D eigenvalue weighted by Gasteiger charge is 2.13.